The van der Waals surface area contributed by atoms with Crippen LogP contribution in [0.3, 0.4) is 0 Å². The van der Waals surface area contributed by atoms with Crippen LogP contribution < -0.4 is 4.90 Å². The second-order valence-corrected chi connectivity index (χ2v) is 15.2. The summed E-state index contributed by atoms with van der Waals surface area (Å²) < 4.78 is 7.54. The molecule has 12 rings (SSSR count). The number of rotatable bonds is 3. The Hall–Kier alpha value is -6.36. The van der Waals surface area contributed by atoms with Crippen LogP contribution in [0.15, 0.2) is 176 Å². The summed E-state index contributed by atoms with van der Waals surface area (Å²) in [7, 11) is 0. The molecule has 0 amide bonds. The number of hydrogen-bond acceptors (Lipinski definition) is 2. The lowest BCUT2D eigenvalue weighted by Gasteiger charge is -2.28. The van der Waals surface area contributed by atoms with E-state index >= 15 is 0 Å². The molecule has 4 heteroatoms. The molecule has 52 heavy (non-hydrogen) atoms. The highest BCUT2D eigenvalue weighted by atomic mass is 32.1. The zero-order valence-electron chi connectivity index (χ0n) is 28.1. The Kier molecular flexibility index (Phi) is 5.77. The van der Waals surface area contributed by atoms with Crippen LogP contribution in [-0.2, 0) is 0 Å². The highest BCUT2D eigenvalue weighted by Crippen LogP contribution is 2.52. The Morgan fingerprint density at radius 3 is 1.52 bits per heavy atom. The van der Waals surface area contributed by atoms with E-state index in [0.29, 0.717) is 0 Å². The molecule has 10 aromatic rings. The molecule has 2 atom stereocenters. The summed E-state index contributed by atoms with van der Waals surface area (Å²) in [5, 5.41) is 7.75. The maximum absolute atomic E-state index is 2.58. The van der Waals surface area contributed by atoms with Gasteiger partial charge in [-0.3, -0.25) is 0 Å². The van der Waals surface area contributed by atoms with Crippen molar-refractivity contribution in [3.63, 3.8) is 0 Å². The molecule has 3 nitrogen and oxygen atoms in total. The third kappa shape index (κ3) is 3.79. The molecule has 244 valence electrons. The molecular formula is C48H31N3S. The minimum Gasteiger partial charge on any atom is -0.333 e. The summed E-state index contributed by atoms with van der Waals surface area (Å²) in [5.41, 5.74) is 11.3. The predicted molar refractivity (Wildman–Crippen MR) is 221 cm³/mol. The molecule has 7 aromatic carbocycles. The van der Waals surface area contributed by atoms with Gasteiger partial charge < -0.3 is 14.0 Å². The Labute approximate surface area is 304 Å². The first-order valence-corrected chi connectivity index (χ1v) is 18.8. The largest absolute Gasteiger partial charge is 0.333 e. The number of para-hydroxylation sites is 4. The summed E-state index contributed by atoms with van der Waals surface area (Å²) in [5.74, 6) is 0.230. The van der Waals surface area contributed by atoms with Gasteiger partial charge in [0.05, 0.1) is 33.8 Å². The van der Waals surface area contributed by atoms with Gasteiger partial charge in [-0.25, -0.2) is 0 Å². The van der Waals surface area contributed by atoms with Crippen molar-refractivity contribution >= 4 is 86.5 Å². The summed E-state index contributed by atoms with van der Waals surface area (Å²) in [4.78, 5) is 2.58. The SMILES string of the molecule is C1=CC2c3c(cccc3-n3c4ccccc4c4ccccc43)N(c3ccc4sc5ccc(-n6c7ccccc7c7ccccc76)cc5c4c3)C2C=C1. The summed E-state index contributed by atoms with van der Waals surface area (Å²) in [6, 6.07) is 56.3. The average Bonchev–Trinajstić information content (AvgIpc) is 3.94. The summed E-state index contributed by atoms with van der Waals surface area (Å²) in [6.07, 6.45) is 9.23. The first-order valence-electron chi connectivity index (χ1n) is 18.0. The van der Waals surface area contributed by atoms with E-state index < -0.39 is 0 Å². The second-order valence-electron chi connectivity index (χ2n) is 14.1. The molecule has 3 aromatic heterocycles. The lowest BCUT2D eigenvalue weighted by atomic mass is 9.90. The molecule has 4 heterocycles. The van der Waals surface area contributed by atoms with Crippen molar-refractivity contribution < 1.29 is 0 Å². The number of fused-ring (bicyclic) bond motifs is 12. The normalized spacial score (nSPS) is 16.7. The minimum atomic E-state index is 0.185. The number of allylic oxidation sites excluding steroid dienone is 2. The fraction of sp³-hybridized carbons (Fsp3) is 0.0417. The Morgan fingerprint density at radius 2 is 0.904 bits per heavy atom. The van der Waals surface area contributed by atoms with E-state index in [9.17, 15) is 0 Å². The molecule has 0 N–H and O–H groups in total. The van der Waals surface area contributed by atoms with Gasteiger partial charge in [-0.15, -0.1) is 11.3 Å². The molecular weight excluding hydrogens is 651 g/mol. The fourth-order valence-electron chi connectivity index (χ4n) is 9.29. The van der Waals surface area contributed by atoms with Gasteiger partial charge in [0.1, 0.15) is 0 Å². The van der Waals surface area contributed by atoms with Crippen LogP contribution in [0.4, 0.5) is 11.4 Å². The molecule has 0 saturated heterocycles. The van der Waals surface area contributed by atoms with Gasteiger partial charge in [0.25, 0.3) is 0 Å². The molecule has 0 saturated carbocycles. The van der Waals surface area contributed by atoms with E-state index in [1.807, 2.05) is 11.3 Å². The highest BCUT2D eigenvalue weighted by Gasteiger charge is 2.39. The third-order valence-electron chi connectivity index (χ3n) is 11.4. The topological polar surface area (TPSA) is 13.1 Å². The average molecular weight is 682 g/mol. The number of thiophene rings is 1. The first-order chi connectivity index (χ1) is 25.8. The maximum atomic E-state index is 2.58. The Bertz CT molecular complexity index is 3060. The fourth-order valence-corrected chi connectivity index (χ4v) is 10.4. The number of anilines is 2. The van der Waals surface area contributed by atoms with Crippen LogP contribution in [0.2, 0.25) is 0 Å². The number of nitrogens with zero attached hydrogens (tertiary/aromatic N) is 3. The number of benzene rings is 7. The molecule has 2 aliphatic rings. The van der Waals surface area contributed by atoms with Crippen molar-refractivity contribution in [3.05, 3.63) is 182 Å². The molecule has 1 aliphatic carbocycles. The molecule has 2 unspecified atom stereocenters. The van der Waals surface area contributed by atoms with Gasteiger partial charge in [0.15, 0.2) is 0 Å². The zero-order valence-corrected chi connectivity index (χ0v) is 29.0. The third-order valence-corrected chi connectivity index (χ3v) is 12.6. The van der Waals surface area contributed by atoms with Crippen LogP contribution in [0.25, 0.3) is 75.2 Å². The standard InChI is InChI=1S/C48H31N3S/c1-6-17-39-32(12-1)33-13-2-7-18-40(33)49(39)30-24-26-46-37(28-30)38-29-31(25-27-47(38)52-46)50-43-21-10-5-16-36(43)48-44(50)22-11-23-45(48)51-41-19-8-3-14-34(41)35-15-4-9-20-42(35)51/h1-29,36,43H. The van der Waals surface area contributed by atoms with Crippen molar-refractivity contribution in [2.75, 3.05) is 4.90 Å². The monoisotopic (exact) mass is 681 g/mol. The maximum Gasteiger partial charge on any atom is 0.0630 e. The van der Waals surface area contributed by atoms with E-state index in [-0.39, 0.29) is 12.0 Å². The second kappa shape index (κ2) is 10.6. The van der Waals surface area contributed by atoms with Gasteiger partial charge in [-0.05, 0) is 72.8 Å². The summed E-state index contributed by atoms with van der Waals surface area (Å²) >= 11 is 1.88. The van der Waals surface area contributed by atoms with E-state index in [0.717, 1.165) is 0 Å². The predicted octanol–water partition coefficient (Wildman–Crippen LogP) is 13.0. The van der Waals surface area contributed by atoms with E-state index in [4.69, 9.17) is 0 Å². The zero-order chi connectivity index (χ0) is 33.9. The van der Waals surface area contributed by atoms with Gasteiger partial charge in [-0.1, -0.05) is 103 Å². The summed E-state index contributed by atoms with van der Waals surface area (Å²) in [6.45, 7) is 0. The number of hydrogen-bond donors (Lipinski definition) is 0. The lowest BCUT2D eigenvalue weighted by Crippen LogP contribution is -2.28. The molecule has 0 spiro atoms. The minimum absolute atomic E-state index is 0.185. The van der Waals surface area contributed by atoms with Crippen molar-refractivity contribution in [2.45, 2.75) is 12.0 Å². The smallest absolute Gasteiger partial charge is 0.0630 e. The van der Waals surface area contributed by atoms with Gasteiger partial charge in [0.2, 0.25) is 0 Å². The molecule has 0 bridgehead atoms. The van der Waals surface area contributed by atoms with Crippen LogP contribution >= 0.6 is 11.3 Å². The Morgan fingerprint density at radius 1 is 0.404 bits per heavy atom. The van der Waals surface area contributed by atoms with E-state index in [2.05, 4.69) is 190 Å². The van der Waals surface area contributed by atoms with Crippen molar-refractivity contribution in [1.82, 2.24) is 9.13 Å². The van der Waals surface area contributed by atoms with Crippen LogP contribution in [-0.4, -0.2) is 15.2 Å². The van der Waals surface area contributed by atoms with Gasteiger partial charge >= 0.3 is 0 Å². The van der Waals surface area contributed by atoms with Gasteiger partial charge in [-0.2, -0.15) is 0 Å². The quantitative estimate of drug-likeness (QED) is 0.181. The van der Waals surface area contributed by atoms with Crippen molar-refractivity contribution in [1.29, 1.82) is 0 Å². The molecule has 0 radical (unpaired) electrons. The molecule has 1 aliphatic heterocycles. The highest BCUT2D eigenvalue weighted by molar-refractivity contribution is 7.25. The van der Waals surface area contributed by atoms with Crippen molar-refractivity contribution in [2.24, 2.45) is 0 Å². The van der Waals surface area contributed by atoms with Crippen LogP contribution in [0.1, 0.15) is 11.5 Å². The van der Waals surface area contributed by atoms with Crippen molar-refractivity contribution in [3.8, 4) is 11.4 Å². The van der Waals surface area contributed by atoms with E-state index in [1.54, 1.807) is 0 Å². The van der Waals surface area contributed by atoms with E-state index in [1.165, 1.54) is 92.1 Å². The lowest BCUT2D eigenvalue weighted by molar-refractivity contribution is 0.742. The van der Waals surface area contributed by atoms with Crippen LogP contribution in [0, 0.1) is 0 Å². The Balaban J connectivity index is 1.06. The molecule has 0 fully saturated rings. The van der Waals surface area contributed by atoms with Gasteiger partial charge in [0, 0.05) is 70.3 Å². The number of aromatic nitrogens is 2. The van der Waals surface area contributed by atoms with Crippen LogP contribution in [0.5, 0.6) is 0 Å². The first kappa shape index (κ1) is 28.3.